The van der Waals surface area contributed by atoms with Crippen LogP contribution in [-0.2, 0) is 4.79 Å². The molecule has 1 aromatic rings. The van der Waals surface area contributed by atoms with Crippen LogP contribution in [-0.4, -0.2) is 23.7 Å². The first-order valence-electron chi connectivity index (χ1n) is 6.56. The Balaban J connectivity index is 2.83. The summed E-state index contributed by atoms with van der Waals surface area (Å²) in [5.74, 6) is -0.525. The molecule has 6 heteroatoms. The molecule has 0 aromatic heterocycles. The van der Waals surface area contributed by atoms with Crippen LogP contribution in [0.1, 0.15) is 18.9 Å². The zero-order valence-electron chi connectivity index (χ0n) is 12.0. The van der Waals surface area contributed by atoms with Gasteiger partial charge in [-0.1, -0.05) is 24.6 Å². The van der Waals surface area contributed by atoms with E-state index in [4.69, 9.17) is 22.0 Å². The highest BCUT2D eigenvalue weighted by Crippen LogP contribution is 2.20. The van der Waals surface area contributed by atoms with E-state index in [0.717, 1.165) is 5.56 Å². The Morgan fingerprint density at radius 1 is 1.57 bits per heavy atom. The molecular weight excluding hydrogens is 290 g/mol. The van der Waals surface area contributed by atoms with Crippen molar-refractivity contribution in [2.75, 3.05) is 11.9 Å². The number of aliphatic hydroxyl groups is 1. The SMILES string of the molecule is CCC(CO)N/C=C(/C#N)C(=O)Nc1cc(Cl)ccc1C. The molecule has 112 valence electrons. The predicted octanol–water partition coefficient (Wildman–Crippen LogP) is 2.35. The molecule has 1 amide bonds. The molecule has 3 N–H and O–H groups in total. The number of nitrogens with zero attached hydrogens (tertiary/aromatic N) is 1. The van der Waals surface area contributed by atoms with Gasteiger partial charge in [0, 0.05) is 23.0 Å². The number of aryl methyl sites for hydroxylation is 1. The zero-order valence-corrected chi connectivity index (χ0v) is 12.7. The van der Waals surface area contributed by atoms with Crippen LogP contribution in [0.2, 0.25) is 5.02 Å². The van der Waals surface area contributed by atoms with Gasteiger partial charge in [0.25, 0.3) is 5.91 Å². The van der Waals surface area contributed by atoms with Crippen molar-refractivity contribution in [3.63, 3.8) is 0 Å². The fourth-order valence-electron chi connectivity index (χ4n) is 1.57. The third-order valence-electron chi connectivity index (χ3n) is 2.99. The van der Waals surface area contributed by atoms with Crippen LogP contribution in [0, 0.1) is 18.3 Å². The van der Waals surface area contributed by atoms with Crippen LogP contribution < -0.4 is 10.6 Å². The van der Waals surface area contributed by atoms with E-state index in [1.165, 1.54) is 6.20 Å². The van der Waals surface area contributed by atoms with Crippen molar-refractivity contribution in [3.8, 4) is 6.07 Å². The first-order chi connectivity index (χ1) is 10.0. The van der Waals surface area contributed by atoms with Crippen LogP contribution in [0.3, 0.4) is 0 Å². The van der Waals surface area contributed by atoms with Gasteiger partial charge in [-0.05, 0) is 31.0 Å². The number of anilines is 1. The van der Waals surface area contributed by atoms with Crippen molar-refractivity contribution < 1.29 is 9.90 Å². The maximum Gasteiger partial charge on any atom is 0.267 e. The van der Waals surface area contributed by atoms with Crippen LogP contribution in [0.25, 0.3) is 0 Å². The van der Waals surface area contributed by atoms with Gasteiger partial charge in [-0.15, -0.1) is 0 Å². The van der Waals surface area contributed by atoms with Crippen molar-refractivity contribution in [1.29, 1.82) is 5.26 Å². The summed E-state index contributed by atoms with van der Waals surface area (Å²) in [4.78, 5) is 12.0. The summed E-state index contributed by atoms with van der Waals surface area (Å²) in [6, 6.07) is 6.78. The van der Waals surface area contributed by atoms with Gasteiger partial charge in [0.15, 0.2) is 0 Å². The van der Waals surface area contributed by atoms with Crippen LogP contribution >= 0.6 is 11.6 Å². The van der Waals surface area contributed by atoms with Gasteiger partial charge in [0.05, 0.1) is 6.61 Å². The Hall–Kier alpha value is -2.03. The summed E-state index contributed by atoms with van der Waals surface area (Å²) >= 11 is 5.88. The van der Waals surface area contributed by atoms with Crippen molar-refractivity contribution in [2.45, 2.75) is 26.3 Å². The van der Waals surface area contributed by atoms with E-state index in [2.05, 4.69) is 10.6 Å². The number of hydrogen-bond acceptors (Lipinski definition) is 4. The summed E-state index contributed by atoms with van der Waals surface area (Å²) in [5, 5.41) is 24.1. The van der Waals surface area contributed by atoms with Gasteiger partial charge in [0.2, 0.25) is 0 Å². The standard InChI is InChI=1S/C15H18ClN3O2/c1-3-13(9-20)18-8-11(7-17)15(21)19-14-6-12(16)5-4-10(14)2/h4-6,8,13,18,20H,3,9H2,1-2H3,(H,19,21)/b11-8-. The molecule has 0 spiro atoms. The number of hydrogen-bond donors (Lipinski definition) is 3. The summed E-state index contributed by atoms with van der Waals surface area (Å²) in [6.07, 6.45) is 2.00. The highest BCUT2D eigenvalue weighted by molar-refractivity contribution is 6.31. The highest BCUT2D eigenvalue weighted by atomic mass is 35.5. The molecule has 0 aliphatic heterocycles. The average molecular weight is 308 g/mol. The fourth-order valence-corrected chi connectivity index (χ4v) is 1.74. The summed E-state index contributed by atoms with van der Waals surface area (Å²) in [6.45, 7) is 3.66. The molecule has 0 saturated carbocycles. The Morgan fingerprint density at radius 3 is 2.86 bits per heavy atom. The number of carbonyl (C=O) groups excluding carboxylic acids is 1. The van der Waals surface area contributed by atoms with Crippen molar-refractivity contribution in [2.24, 2.45) is 0 Å². The lowest BCUT2D eigenvalue weighted by Gasteiger charge is -2.12. The fraction of sp³-hybridized carbons (Fsp3) is 0.333. The first kappa shape index (κ1) is 17.0. The quantitative estimate of drug-likeness (QED) is 0.556. The van der Waals surface area contributed by atoms with Gasteiger partial charge in [-0.3, -0.25) is 4.79 Å². The van der Waals surface area contributed by atoms with E-state index < -0.39 is 5.91 Å². The van der Waals surface area contributed by atoms with E-state index in [1.54, 1.807) is 18.2 Å². The molecule has 0 saturated heterocycles. The Kier molecular flexibility index (Phi) is 6.73. The number of rotatable bonds is 6. The van der Waals surface area contributed by atoms with E-state index >= 15 is 0 Å². The minimum atomic E-state index is -0.525. The molecule has 21 heavy (non-hydrogen) atoms. The second-order valence-electron chi connectivity index (χ2n) is 4.54. The van der Waals surface area contributed by atoms with Gasteiger partial charge in [0.1, 0.15) is 11.6 Å². The van der Waals surface area contributed by atoms with Crippen molar-refractivity contribution in [1.82, 2.24) is 5.32 Å². The lowest BCUT2D eigenvalue weighted by atomic mass is 10.2. The largest absolute Gasteiger partial charge is 0.394 e. The minimum Gasteiger partial charge on any atom is -0.394 e. The van der Waals surface area contributed by atoms with E-state index in [-0.39, 0.29) is 18.2 Å². The molecule has 5 nitrogen and oxygen atoms in total. The molecule has 0 aliphatic rings. The molecule has 0 heterocycles. The Labute approximate surface area is 129 Å². The summed E-state index contributed by atoms with van der Waals surface area (Å²) in [7, 11) is 0. The summed E-state index contributed by atoms with van der Waals surface area (Å²) in [5.41, 5.74) is 1.34. The van der Waals surface area contributed by atoms with Gasteiger partial charge in [-0.2, -0.15) is 5.26 Å². The number of nitriles is 1. The molecule has 0 bridgehead atoms. The second-order valence-corrected chi connectivity index (χ2v) is 4.97. The van der Waals surface area contributed by atoms with E-state index in [9.17, 15) is 4.79 Å². The molecular formula is C15H18ClN3O2. The van der Waals surface area contributed by atoms with Crippen LogP contribution in [0.5, 0.6) is 0 Å². The topological polar surface area (TPSA) is 85.2 Å². The maximum atomic E-state index is 12.0. The number of amides is 1. The van der Waals surface area contributed by atoms with Crippen LogP contribution in [0.4, 0.5) is 5.69 Å². The van der Waals surface area contributed by atoms with Crippen molar-refractivity contribution in [3.05, 3.63) is 40.6 Å². The second kappa shape index (κ2) is 8.30. The van der Waals surface area contributed by atoms with Crippen LogP contribution in [0.15, 0.2) is 30.0 Å². The number of aliphatic hydroxyl groups excluding tert-OH is 1. The van der Waals surface area contributed by atoms with Crippen molar-refractivity contribution >= 4 is 23.2 Å². The molecule has 0 radical (unpaired) electrons. The van der Waals surface area contributed by atoms with E-state index in [1.807, 2.05) is 19.9 Å². The molecule has 1 rings (SSSR count). The summed E-state index contributed by atoms with van der Waals surface area (Å²) < 4.78 is 0. The van der Waals surface area contributed by atoms with Gasteiger partial charge < -0.3 is 15.7 Å². The van der Waals surface area contributed by atoms with Gasteiger partial charge >= 0.3 is 0 Å². The monoisotopic (exact) mass is 307 g/mol. The molecule has 0 fully saturated rings. The Bertz CT molecular complexity index is 575. The lowest BCUT2D eigenvalue weighted by molar-refractivity contribution is -0.112. The average Bonchev–Trinajstić information content (AvgIpc) is 2.47. The number of nitrogens with one attached hydrogen (secondary N) is 2. The minimum absolute atomic E-state index is 0.0683. The maximum absolute atomic E-state index is 12.0. The molecule has 0 aliphatic carbocycles. The smallest absolute Gasteiger partial charge is 0.267 e. The third-order valence-corrected chi connectivity index (χ3v) is 3.22. The highest BCUT2D eigenvalue weighted by Gasteiger charge is 2.12. The van der Waals surface area contributed by atoms with E-state index in [0.29, 0.717) is 17.1 Å². The van der Waals surface area contributed by atoms with Gasteiger partial charge in [-0.25, -0.2) is 0 Å². The third kappa shape index (κ3) is 5.10. The zero-order chi connectivity index (χ0) is 15.8. The molecule has 1 atom stereocenters. The molecule has 1 aromatic carbocycles. The normalized spacial score (nSPS) is 12.4. The number of benzene rings is 1. The number of carbonyl (C=O) groups is 1. The molecule has 1 unspecified atom stereocenters. The lowest BCUT2D eigenvalue weighted by Crippen LogP contribution is -2.28. The number of halogens is 1. The predicted molar refractivity (Wildman–Crippen MR) is 82.8 cm³/mol. The Morgan fingerprint density at radius 2 is 2.29 bits per heavy atom. The first-order valence-corrected chi connectivity index (χ1v) is 6.94.